The molecule has 2 unspecified atom stereocenters. The van der Waals surface area contributed by atoms with Gasteiger partial charge < -0.3 is 99.3 Å². The van der Waals surface area contributed by atoms with Gasteiger partial charge in [-0.3, -0.25) is 14.4 Å². The molecule has 0 saturated carbocycles. The molecule has 8 aromatic rings. The fourth-order valence-electron chi connectivity index (χ4n) is 9.08. The molecule has 1 saturated heterocycles. The number of aliphatic hydroxyl groups excluding tert-OH is 5. The van der Waals surface area contributed by atoms with Crippen molar-refractivity contribution in [3.8, 4) is 79.7 Å². The van der Waals surface area contributed by atoms with Crippen LogP contribution in [0.3, 0.4) is 0 Å². The van der Waals surface area contributed by atoms with Gasteiger partial charge in [-0.15, -0.1) is 0 Å². The maximum Gasteiger partial charge on any atom is 0.208 e. The smallest absolute Gasteiger partial charge is 0.208 e. The van der Waals surface area contributed by atoms with Gasteiger partial charge in [-0.05, 0) is 25.0 Å². The number of aliphatic hydroxyl groups is 5. The van der Waals surface area contributed by atoms with Crippen molar-refractivity contribution in [2.24, 2.45) is 0 Å². The van der Waals surface area contributed by atoms with Crippen LogP contribution >= 0.6 is 0 Å². The van der Waals surface area contributed by atoms with E-state index in [-0.39, 0.29) is 18.6 Å². The summed E-state index contributed by atoms with van der Waals surface area (Å²) >= 11 is 0. The minimum atomic E-state index is -1.90. The summed E-state index contributed by atoms with van der Waals surface area (Å²) in [6.07, 6.45) is -11.8. The summed E-state index contributed by atoms with van der Waals surface area (Å²) in [4.78, 5) is 42.4. The molecule has 1 fully saturated rings. The Labute approximate surface area is 374 Å². The van der Waals surface area contributed by atoms with Crippen molar-refractivity contribution >= 4 is 54.8 Å². The average molecular weight is 943 g/mol. The van der Waals surface area contributed by atoms with E-state index in [9.17, 15) is 91.0 Å². The molecule has 10 rings (SSSR count). The summed E-state index contributed by atoms with van der Waals surface area (Å²) in [5, 5.41) is 160. The lowest BCUT2D eigenvalue weighted by Gasteiger charge is -2.41. The van der Waals surface area contributed by atoms with E-state index in [1.54, 1.807) is 0 Å². The Morgan fingerprint density at radius 1 is 0.515 bits per heavy atom. The number of fused-ring (bicyclic) bond motifs is 6. The monoisotopic (exact) mass is 942 g/mol. The summed E-state index contributed by atoms with van der Waals surface area (Å²) in [5.74, 6) is -9.86. The van der Waals surface area contributed by atoms with E-state index in [0.717, 1.165) is 36.4 Å². The van der Waals surface area contributed by atoms with Crippen molar-refractivity contribution in [3.63, 3.8) is 0 Å². The first-order valence-corrected chi connectivity index (χ1v) is 20.2. The van der Waals surface area contributed by atoms with Gasteiger partial charge in [0.2, 0.25) is 16.3 Å². The van der Waals surface area contributed by atoms with Gasteiger partial charge in [0.05, 0.1) is 29.4 Å². The molecular weight excluding hydrogens is 908 g/mol. The lowest BCUT2D eigenvalue weighted by molar-refractivity contribution is -0.314. The first kappa shape index (κ1) is 43.8. The molecule has 23 nitrogen and oxygen atoms in total. The SMILES string of the molecule is O=c1c2c(oc3cc(O)c(-c4cc(O)c5oc6cc(O)c(-c7cc(O)c8oc9cc(O)cc(O)c9c(=O)c8c7O)c(O)c6c(=O)c5c4O)c(O)c13)C(O)CCC2O[C@@H]1O[C@H](CO)[C@@H](O)[C@H](O)[C@H]1O. The fraction of sp³-hybridized carbons (Fsp3) is 0.222. The van der Waals surface area contributed by atoms with Crippen LogP contribution in [-0.4, -0.2) is 114 Å². The third-order valence-corrected chi connectivity index (χ3v) is 12.3. The number of hydrogen-bond acceptors (Lipinski definition) is 23. The topological polar surface area (TPSA) is 413 Å². The highest BCUT2D eigenvalue weighted by molar-refractivity contribution is 6.09. The summed E-state index contributed by atoms with van der Waals surface area (Å²) < 4.78 is 28.3. The van der Waals surface area contributed by atoms with Gasteiger partial charge in [-0.2, -0.15) is 0 Å². The Balaban J connectivity index is 1.14. The maximum absolute atomic E-state index is 14.4. The maximum atomic E-state index is 14.4. The normalized spacial score (nSPS) is 21.9. The molecule has 5 aromatic carbocycles. The average Bonchev–Trinajstić information content (AvgIpc) is 3.27. The molecule has 1 aliphatic heterocycles. The third kappa shape index (κ3) is 6.15. The van der Waals surface area contributed by atoms with Crippen LogP contribution in [0.5, 0.6) is 57.5 Å². The summed E-state index contributed by atoms with van der Waals surface area (Å²) in [5.41, 5.74) is -9.98. The van der Waals surface area contributed by atoms with Crippen LogP contribution in [0.4, 0.5) is 0 Å². The van der Waals surface area contributed by atoms with Crippen LogP contribution < -0.4 is 16.3 Å². The quantitative estimate of drug-likeness (QED) is 0.0870. The molecule has 7 atom stereocenters. The number of aromatic hydroxyl groups is 10. The molecule has 0 bridgehead atoms. The van der Waals surface area contributed by atoms with Crippen molar-refractivity contribution in [2.75, 3.05) is 6.61 Å². The zero-order valence-corrected chi connectivity index (χ0v) is 34.1. The van der Waals surface area contributed by atoms with Crippen molar-refractivity contribution in [3.05, 3.63) is 78.4 Å². The molecule has 0 spiro atoms. The van der Waals surface area contributed by atoms with Gasteiger partial charge in [-0.1, -0.05) is 0 Å². The van der Waals surface area contributed by atoms with Crippen molar-refractivity contribution in [1.82, 2.24) is 0 Å². The zero-order valence-electron chi connectivity index (χ0n) is 34.1. The summed E-state index contributed by atoms with van der Waals surface area (Å²) in [6.45, 7) is -0.805. The van der Waals surface area contributed by atoms with Crippen LogP contribution in [0.15, 0.2) is 64.0 Å². The minimum absolute atomic E-state index is 0.101. The van der Waals surface area contributed by atoms with Gasteiger partial charge >= 0.3 is 0 Å². The third-order valence-electron chi connectivity index (χ3n) is 12.3. The van der Waals surface area contributed by atoms with Gasteiger partial charge in [0.25, 0.3) is 0 Å². The second-order valence-corrected chi connectivity index (χ2v) is 16.3. The zero-order chi connectivity index (χ0) is 48.7. The second kappa shape index (κ2) is 15.3. The molecular formula is C45H34O23. The number of phenols is 10. The van der Waals surface area contributed by atoms with Crippen molar-refractivity contribution < 1.29 is 99.3 Å². The predicted molar refractivity (Wildman–Crippen MR) is 229 cm³/mol. The van der Waals surface area contributed by atoms with Crippen molar-refractivity contribution in [1.29, 1.82) is 0 Å². The number of hydrogen-bond donors (Lipinski definition) is 15. The van der Waals surface area contributed by atoms with Gasteiger partial charge in [0.1, 0.15) is 126 Å². The molecule has 68 heavy (non-hydrogen) atoms. The molecule has 0 amide bonds. The lowest BCUT2D eigenvalue weighted by Crippen LogP contribution is -2.59. The van der Waals surface area contributed by atoms with E-state index < -0.39 is 206 Å². The first-order valence-electron chi connectivity index (χ1n) is 20.2. The fourth-order valence-corrected chi connectivity index (χ4v) is 9.08. The molecule has 352 valence electrons. The van der Waals surface area contributed by atoms with Crippen LogP contribution in [0.25, 0.3) is 77.1 Å². The second-order valence-electron chi connectivity index (χ2n) is 16.3. The van der Waals surface area contributed by atoms with Crippen LogP contribution in [0.2, 0.25) is 0 Å². The largest absolute Gasteiger partial charge is 0.508 e. The Kier molecular flexibility index (Phi) is 9.84. The molecule has 4 heterocycles. The number of phenolic OH excluding ortho intramolecular Hbond substituents is 10. The van der Waals surface area contributed by atoms with Gasteiger partial charge in [-0.25, -0.2) is 0 Å². The molecule has 3 aromatic heterocycles. The minimum Gasteiger partial charge on any atom is -0.508 e. The van der Waals surface area contributed by atoms with Crippen LogP contribution in [0, 0.1) is 0 Å². The van der Waals surface area contributed by atoms with E-state index >= 15 is 0 Å². The highest BCUT2D eigenvalue weighted by Gasteiger charge is 2.46. The van der Waals surface area contributed by atoms with Crippen LogP contribution in [-0.2, 0) is 9.47 Å². The summed E-state index contributed by atoms with van der Waals surface area (Å²) in [6, 6.07) is 4.77. The molecule has 1 aliphatic carbocycles. The standard InChI is InChI=1S/C45H34O23/c46-9-23-34(56)40(62)41(63)45(68-23)67-19-2-1-13(48)42-29(19)38(60)27-21(65-42)7-15(50)24(35(27)57)12-6-18(53)44-31(33(12)55)39(61)28-22(66-44)8-16(51)25(36(28)58)11-5-17(52)43-30(32(11)54)37(59)26-14(49)3-10(47)4-20(26)64-43/h3-8,13,19,23,34,40-41,45-58,62-63H,1-2,9H2/t13?,19?,23-,34-,40+,41-,45-/m1/s1. The lowest BCUT2D eigenvalue weighted by atomic mass is 9.89. The van der Waals surface area contributed by atoms with Crippen LogP contribution in [0.1, 0.15) is 36.4 Å². The molecule has 2 aliphatic rings. The van der Waals surface area contributed by atoms with E-state index in [0.29, 0.717) is 0 Å². The van der Waals surface area contributed by atoms with E-state index in [1.165, 1.54) is 0 Å². The highest BCUT2D eigenvalue weighted by atomic mass is 16.7. The predicted octanol–water partition coefficient (Wildman–Crippen LogP) is 2.39. The highest BCUT2D eigenvalue weighted by Crippen LogP contribution is 2.53. The number of ether oxygens (including phenoxy) is 2. The van der Waals surface area contributed by atoms with Crippen molar-refractivity contribution in [2.45, 2.75) is 55.8 Å². The van der Waals surface area contributed by atoms with E-state index in [4.69, 9.17) is 22.7 Å². The Morgan fingerprint density at radius 3 is 1.59 bits per heavy atom. The van der Waals surface area contributed by atoms with Gasteiger partial charge in [0.15, 0.2) is 29.0 Å². The number of benzene rings is 5. The van der Waals surface area contributed by atoms with Gasteiger partial charge in [0, 0.05) is 35.4 Å². The first-order chi connectivity index (χ1) is 32.2. The number of rotatable bonds is 5. The molecule has 0 radical (unpaired) electrons. The summed E-state index contributed by atoms with van der Waals surface area (Å²) in [7, 11) is 0. The Hall–Kier alpha value is -8.03. The molecule has 23 heteroatoms. The van der Waals surface area contributed by atoms with E-state index in [1.807, 2.05) is 0 Å². The molecule has 15 N–H and O–H groups in total. The Bertz CT molecular complexity index is 3700. The Morgan fingerprint density at radius 2 is 1.03 bits per heavy atom. The van der Waals surface area contributed by atoms with E-state index in [2.05, 4.69) is 0 Å².